The third-order valence-corrected chi connectivity index (χ3v) is 2.26. The molecule has 112 valence electrons. The van der Waals surface area contributed by atoms with Crippen LogP contribution in [0.4, 0.5) is 26.4 Å². The van der Waals surface area contributed by atoms with Crippen LogP contribution in [0.5, 0.6) is 6.01 Å². The summed E-state index contributed by atoms with van der Waals surface area (Å²) in [5, 5.41) is 2.61. The summed E-state index contributed by atoms with van der Waals surface area (Å²) in [7, 11) is 0. The Hall–Kier alpha value is -2.55. The molecule has 4 N–H and O–H groups in total. The van der Waals surface area contributed by atoms with Crippen molar-refractivity contribution in [3.63, 3.8) is 0 Å². The first-order valence-electron chi connectivity index (χ1n) is 6.09. The molecule has 0 spiro atoms. The van der Waals surface area contributed by atoms with Gasteiger partial charge in [-0.1, -0.05) is 0 Å². The van der Waals surface area contributed by atoms with Crippen LogP contribution in [0.25, 0.3) is 0 Å². The van der Waals surface area contributed by atoms with Crippen molar-refractivity contribution in [2.75, 3.05) is 10.7 Å². The first kappa shape index (κ1) is 14.9. The van der Waals surface area contributed by atoms with Crippen LogP contribution in [0.3, 0.4) is 0 Å². The van der Waals surface area contributed by atoms with E-state index in [1.54, 1.807) is 13.8 Å². The van der Waals surface area contributed by atoms with Gasteiger partial charge in [0.1, 0.15) is 11.6 Å². The van der Waals surface area contributed by atoms with Crippen LogP contribution < -0.4 is 21.3 Å². The van der Waals surface area contributed by atoms with Gasteiger partial charge in [0.2, 0.25) is 11.9 Å². The minimum absolute atomic E-state index is 0.0131. The molecule has 7 nitrogen and oxygen atoms in total. The third-order valence-electron chi connectivity index (χ3n) is 2.26. The first-order valence-corrected chi connectivity index (χ1v) is 6.09. The number of rotatable bonds is 5. The highest BCUT2D eigenvalue weighted by molar-refractivity contribution is 5.55. The molecule has 0 saturated heterocycles. The number of aromatic nitrogens is 3. The number of nitrogens with one attached hydrogen (secondary N) is 2. The molecule has 0 fully saturated rings. The Bertz CT molecular complexity index is 637. The maximum Gasteiger partial charge on any atom is 0.323 e. The van der Waals surface area contributed by atoms with E-state index in [9.17, 15) is 8.78 Å². The third kappa shape index (κ3) is 3.96. The van der Waals surface area contributed by atoms with Crippen LogP contribution in [-0.2, 0) is 0 Å². The Morgan fingerprint density at radius 2 is 1.86 bits per heavy atom. The van der Waals surface area contributed by atoms with Gasteiger partial charge in [0, 0.05) is 6.07 Å². The SMILES string of the molecule is CC(C)Oc1nc(NN)nc(Nc2ccc(F)cc2F)n1. The van der Waals surface area contributed by atoms with E-state index < -0.39 is 11.6 Å². The van der Waals surface area contributed by atoms with Crippen LogP contribution in [0, 0.1) is 11.6 Å². The van der Waals surface area contributed by atoms with E-state index >= 15 is 0 Å². The van der Waals surface area contributed by atoms with Crippen molar-refractivity contribution in [3.05, 3.63) is 29.8 Å². The van der Waals surface area contributed by atoms with Gasteiger partial charge in [-0.15, -0.1) is 0 Å². The molecule has 0 radical (unpaired) electrons. The van der Waals surface area contributed by atoms with Gasteiger partial charge in [0.25, 0.3) is 0 Å². The van der Waals surface area contributed by atoms with Gasteiger partial charge >= 0.3 is 6.01 Å². The topological polar surface area (TPSA) is 98.0 Å². The number of nitrogens with two attached hydrogens (primary N) is 1. The fourth-order valence-electron chi connectivity index (χ4n) is 1.45. The van der Waals surface area contributed by atoms with E-state index in [1.165, 1.54) is 6.07 Å². The molecule has 0 aliphatic carbocycles. The number of hydrogen-bond donors (Lipinski definition) is 3. The summed E-state index contributed by atoms with van der Waals surface area (Å²) in [5.74, 6) is 3.86. The summed E-state index contributed by atoms with van der Waals surface area (Å²) in [6, 6.07) is 3.11. The van der Waals surface area contributed by atoms with Crippen LogP contribution in [0.1, 0.15) is 13.8 Å². The van der Waals surface area contributed by atoms with E-state index in [-0.39, 0.29) is 29.7 Å². The number of ether oxygens (including phenoxy) is 1. The average Bonchev–Trinajstić information content (AvgIpc) is 2.41. The smallest absolute Gasteiger partial charge is 0.323 e. The van der Waals surface area contributed by atoms with Crippen molar-refractivity contribution in [1.29, 1.82) is 0 Å². The molecule has 2 aromatic rings. The largest absolute Gasteiger partial charge is 0.461 e. The second kappa shape index (κ2) is 6.27. The van der Waals surface area contributed by atoms with Gasteiger partial charge in [-0.2, -0.15) is 15.0 Å². The number of nitrogens with zero attached hydrogens (tertiary/aromatic N) is 3. The number of nitrogen functional groups attached to an aromatic ring is 1. The van der Waals surface area contributed by atoms with Gasteiger partial charge in [0.15, 0.2) is 0 Å². The summed E-state index contributed by atoms with van der Waals surface area (Å²) < 4.78 is 31.8. The predicted octanol–water partition coefficient (Wildman–Crippen LogP) is 1.97. The van der Waals surface area contributed by atoms with E-state index in [1.807, 2.05) is 0 Å². The summed E-state index contributed by atoms with van der Waals surface area (Å²) in [5.41, 5.74) is 2.27. The van der Waals surface area contributed by atoms with Crippen molar-refractivity contribution >= 4 is 17.6 Å². The zero-order valence-electron chi connectivity index (χ0n) is 11.4. The molecule has 9 heteroatoms. The Morgan fingerprint density at radius 3 is 2.48 bits per heavy atom. The monoisotopic (exact) mass is 296 g/mol. The van der Waals surface area contributed by atoms with Gasteiger partial charge in [-0.3, -0.25) is 5.43 Å². The van der Waals surface area contributed by atoms with Crippen molar-refractivity contribution in [1.82, 2.24) is 15.0 Å². The molecule has 1 aromatic heterocycles. The second-order valence-corrected chi connectivity index (χ2v) is 4.33. The highest BCUT2D eigenvalue weighted by Crippen LogP contribution is 2.20. The summed E-state index contributed by atoms with van der Waals surface area (Å²) >= 11 is 0. The molecule has 0 aliphatic rings. The summed E-state index contributed by atoms with van der Waals surface area (Å²) in [4.78, 5) is 11.8. The minimum Gasteiger partial charge on any atom is -0.461 e. The van der Waals surface area contributed by atoms with E-state index in [0.29, 0.717) is 0 Å². The van der Waals surface area contributed by atoms with E-state index in [4.69, 9.17) is 10.6 Å². The molecule has 0 saturated carbocycles. The molecule has 2 rings (SSSR count). The van der Waals surface area contributed by atoms with Crippen LogP contribution in [0.2, 0.25) is 0 Å². The highest BCUT2D eigenvalue weighted by Gasteiger charge is 2.11. The zero-order valence-corrected chi connectivity index (χ0v) is 11.4. The maximum atomic E-state index is 13.6. The molecule has 0 aliphatic heterocycles. The van der Waals surface area contributed by atoms with E-state index in [2.05, 4.69) is 25.7 Å². The molecule has 0 amide bonds. The number of halogens is 2. The van der Waals surface area contributed by atoms with Crippen molar-refractivity contribution < 1.29 is 13.5 Å². The Balaban J connectivity index is 2.29. The fourth-order valence-corrected chi connectivity index (χ4v) is 1.45. The van der Waals surface area contributed by atoms with Gasteiger partial charge in [0.05, 0.1) is 11.8 Å². The molecule has 0 atom stereocenters. The fraction of sp³-hybridized carbons (Fsp3) is 0.250. The van der Waals surface area contributed by atoms with Gasteiger partial charge in [-0.05, 0) is 26.0 Å². The van der Waals surface area contributed by atoms with Gasteiger partial charge < -0.3 is 10.1 Å². The van der Waals surface area contributed by atoms with Crippen molar-refractivity contribution in [2.45, 2.75) is 20.0 Å². The Labute approximate surface area is 119 Å². The van der Waals surface area contributed by atoms with Crippen LogP contribution >= 0.6 is 0 Å². The predicted molar refractivity (Wildman–Crippen MR) is 73.0 cm³/mol. The molecule has 21 heavy (non-hydrogen) atoms. The molecule has 0 bridgehead atoms. The molecular formula is C12H14F2N6O. The lowest BCUT2D eigenvalue weighted by Gasteiger charge is -2.11. The molecular weight excluding hydrogens is 282 g/mol. The average molecular weight is 296 g/mol. The first-order chi connectivity index (χ1) is 9.97. The second-order valence-electron chi connectivity index (χ2n) is 4.33. The molecule has 1 aromatic carbocycles. The number of anilines is 3. The van der Waals surface area contributed by atoms with Gasteiger partial charge in [-0.25, -0.2) is 14.6 Å². The Kier molecular flexibility index (Phi) is 4.43. The Morgan fingerprint density at radius 1 is 1.14 bits per heavy atom. The van der Waals surface area contributed by atoms with E-state index in [0.717, 1.165) is 12.1 Å². The molecule has 0 unspecified atom stereocenters. The number of hydrazine groups is 1. The summed E-state index contributed by atoms with van der Waals surface area (Å²) in [6.45, 7) is 3.60. The van der Waals surface area contributed by atoms with Crippen LogP contribution in [0.15, 0.2) is 18.2 Å². The highest BCUT2D eigenvalue weighted by atomic mass is 19.1. The number of hydrogen-bond acceptors (Lipinski definition) is 7. The number of benzene rings is 1. The normalized spacial score (nSPS) is 10.6. The lowest BCUT2D eigenvalue weighted by molar-refractivity contribution is 0.222. The minimum atomic E-state index is -0.774. The quantitative estimate of drug-likeness (QED) is 0.573. The lowest BCUT2D eigenvalue weighted by Crippen LogP contribution is -2.15. The summed E-state index contributed by atoms with van der Waals surface area (Å²) in [6.07, 6.45) is -0.159. The van der Waals surface area contributed by atoms with Crippen molar-refractivity contribution in [3.8, 4) is 6.01 Å². The van der Waals surface area contributed by atoms with Crippen LogP contribution in [-0.4, -0.2) is 21.1 Å². The molecule has 1 heterocycles. The zero-order chi connectivity index (χ0) is 15.4. The van der Waals surface area contributed by atoms with Crippen molar-refractivity contribution in [2.24, 2.45) is 5.84 Å². The maximum absolute atomic E-state index is 13.6. The lowest BCUT2D eigenvalue weighted by atomic mass is 10.3. The standard InChI is InChI=1S/C12H14F2N6O/c1-6(2)21-12-18-10(17-11(19-12)20-15)16-9-4-3-7(13)5-8(9)14/h3-6H,15H2,1-2H3,(H2,16,17,18,19,20).